The van der Waals surface area contributed by atoms with Gasteiger partial charge in [-0.3, -0.25) is 9.10 Å². The average Bonchev–Trinajstić information content (AvgIpc) is 2.82. The normalized spacial score (nSPS) is 18.2. The minimum Gasteiger partial charge on any atom is -0.497 e. The minimum atomic E-state index is -3.97. The van der Waals surface area contributed by atoms with Crippen molar-refractivity contribution in [2.45, 2.75) is 36.7 Å². The fourth-order valence-electron chi connectivity index (χ4n) is 3.84. The molecule has 1 N–H and O–H groups in total. The van der Waals surface area contributed by atoms with Crippen LogP contribution in [0.15, 0.2) is 59.0 Å². The van der Waals surface area contributed by atoms with Crippen LogP contribution in [-0.4, -0.2) is 40.6 Å². The number of sulfonamides is 1. The number of carbonyl (C=O) groups is 1. The van der Waals surface area contributed by atoms with E-state index in [1.165, 1.54) is 41.6 Å². The molecule has 2 aromatic rings. The lowest BCUT2D eigenvalue weighted by molar-refractivity contribution is -0.127. The van der Waals surface area contributed by atoms with Crippen molar-refractivity contribution in [3.8, 4) is 11.5 Å². The summed E-state index contributed by atoms with van der Waals surface area (Å²) < 4.78 is 39.1. The van der Waals surface area contributed by atoms with Crippen molar-refractivity contribution in [2.75, 3.05) is 24.5 Å². The number of halogens is 1. The van der Waals surface area contributed by atoms with E-state index in [2.05, 4.69) is 11.4 Å². The van der Waals surface area contributed by atoms with Crippen molar-refractivity contribution < 1.29 is 22.7 Å². The largest absolute Gasteiger partial charge is 0.497 e. The highest BCUT2D eigenvalue weighted by atomic mass is 35.5. The number of amides is 1. The second-order valence-corrected chi connectivity index (χ2v) is 10.1. The van der Waals surface area contributed by atoms with Gasteiger partial charge in [-0.05, 0) is 68.1 Å². The van der Waals surface area contributed by atoms with Crippen LogP contribution in [0.25, 0.3) is 0 Å². The highest BCUT2D eigenvalue weighted by molar-refractivity contribution is 7.92. The standard InChI is InChI=1S/C23H25ClN2O5S/c1-30-18-8-10-19(11-9-18)32(28,29)26-15-22(31-21-12-7-17(24)13-20(21)26)23(27)25-14-16-5-3-2-4-6-16/h5,7-13,22H,2-4,6,14-15H2,1H3,(H,25,27)/t22-/m0/s1. The van der Waals surface area contributed by atoms with Gasteiger partial charge in [0, 0.05) is 11.6 Å². The molecule has 0 saturated carbocycles. The lowest BCUT2D eigenvalue weighted by Gasteiger charge is -2.35. The summed E-state index contributed by atoms with van der Waals surface area (Å²) in [5.41, 5.74) is 1.49. The van der Waals surface area contributed by atoms with Gasteiger partial charge in [-0.1, -0.05) is 23.3 Å². The Morgan fingerprint density at radius 1 is 1.22 bits per heavy atom. The maximum absolute atomic E-state index is 13.5. The molecule has 1 heterocycles. The van der Waals surface area contributed by atoms with E-state index in [1.807, 2.05) is 0 Å². The van der Waals surface area contributed by atoms with Crippen LogP contribution in [0.2, 0.25) is 5.02 Å². The number of anilines is 1. The quantitative estimate of drug-likeness (QED) is 0.639. The first-order chi connectivity index (χ1) is 15.4. The molecule has 9 heteroatoms. The number of hydrogen-bond donors (Lipinski definition) is 1. The Bertz CT molecular complexity index is 1130. The third-order valence-electron chi connectivity index (χ3n) is 5.61. The second-order valence-electron chi connectivity index (χ2n) is 7.76. The molecule has 0 radical (unpaired) electrons. The molecular formula is C23H25ClN2O5S. The van der Waals surface area contributed by atoms with Crippen molar-refractivity contribution in [3.63, 3.8) is 0 Å². The molecule has 0 bridgehead atoms. The molecule has 1 atom stereocenters. The van der Waals surface area contributed by atoms with Crippen LogP contribution in [0.1, 0.15) is 25.7 Å². The molecule has 4 rings (SSSR count). The molecule has 0 spiro atoms. The van der Waals surface area contributed by atoms with Crippen LogP contribution in [0.3, 0.4) is 0 Å². The van der Waals surface area contributed by atoms with E-state index in [0.29, 0.717) is 23.0 Å². The highest BCUT2D eigenvalue weighted by Gasteiger charge is 2.37. The Kier molecular flexibility index (Phi) is 6.62. The fourth-order valence-corrected chi connectivity index (χ4v) is 5.48. The topological polar surface area (TPSA) is 84.9 Å². The van der Waals surface area contributed by atoms with E-state index < -0.39 is 16.1 Å². The lowest BCUT2D eigenvalue weighted by Crippen LogP contribution is -2.51. The summed E-state index contributed by atoms with van der Waals surface area (Å²) in [7, 11) is -2.46. The zero-order chi connectivity index (χ0) is 22.7. The number of ether oxygens (including phenoxy) is 2. The summed E-state index contributed by atoms with van der Waals surface area (Å²) in [5, 5.41) is 3.26. The SMILES string of the molecule is COc1ccc(S(=O)(=O)N2C[C@@H](C(=O)NCC3=CCCCC3)Oc3ccc(Cl)cc32)cc1. The number of methoxy groups -OCH3 is 1. The predicted octanol–water partition coefficient (Wildman–Crippen LogP) is 3.92. The van der Waals surface area contributed by atoms with E-state index in [0.717, 1.165) is 19.3 Å². The molecule has 7 nitrogen and oxygen atoms in total. The first-order valence-electron chi connectivity index (χ1n) is 10.5. The maximum atomic E-state index is 13.5. The summed E-state index contributed by atoms with van der Waals surface area (Å²) in [6.07, 6.45) is 5.44. The first-order valence-corrected chi connectivity index (χ1v) is 12.3. The smallest absolute Gasteiger partial charge is 0.264 e. The molecule has 32 heavy (non-hydrogen) atoms. The molecular weight excluding hydrogens is 452 g/mol. The number of fused-ring (bicyclic) bond motifs is 1. The van der Waals surface area contributed by atoms with E-state index in [-0.39, 0.29) is 23.1 Å². The van der Waals surface area contributed by atoms with Crippen molar-refractivity contribution in [1.82, 2.24) is 5.32 Å². The van der Waals surface area contributed by atoms with Gasteiger partial charge in [0.2, 0.25) is 0 Å². The first kappa shape index (κ1) is 22.5. The molecule has 2 aliphatic rings. The van der Waals surface area contributed by atoms with Gasteiger partial charge in [0.25, 0.3) is 15.9 Å². The van der Waals surface area contributed by atoms with Crippen LogP contribution in [0.4, 0.5) is 5.69 Å². The zero-order valence-corrected chi connectivity index (χ0v) is 19.3. The van der Waals surface area contributed by atoms with E-state index in [9.17, 15) is 13.2 Å². The number of nitrogens with one attached hydrogen (secondary N) is 1. The maximum Gasteiger partial charge on any atom is 0.264 e. The Hall–Kier alpha value is -2.71. The van der Waals surface area contributed by atoms with Gasteiger partial charge in [-0.25, -0.2) is 8.42 Å². The second kappa shape index (κ2) is 9.42. The molecule has 170 valence electrons. The van der Waals surface area contributed by atoms with Crippen LogP contribution >= 0.6 is 11.6 Å². The molecule has 2 aromatic carbocycles. The summed E-state index contributed by atoms with van der Waals surface area (Å²) in [4.78, 5) is 13.0. The number of hydrogen-bond acceptors (Lipinski definition) is 5. The summed E-state index contributed by atoms with van der Waals surface area (Å²) in [5.74, 6) is 0.477. The number of carbonyl (C=O) groups excluding carboxylic acids is 1. The zero-order valence-electron chi connectivity index (χ0n) is 17.7. The van der Waals surface area contributed by atoms with E-state index in [1.54, 1.807) is 24.3 Å². The van der Waals surface area contributed by atoms with E-state index in [4.69, 9.17) is 21.1 Å². The van der Waals surface area contributed by atoms with Gasteiger partial charge >= 0.3 is 0 Å². The van der Waals surface area contributed by atoms with Crippen molar-refractivity contribution >= 4 is 33.2 Å². The lowest BCUT2D eigenvalue weighted by atomic mass is 10.00. The monoisotopic (exact) mass is 476 g/mol. The van der Waals surface area contributed by atoms with E-state index >= 15 is 0 Å². The predicted molar refractivity (Wildman–Crippen MR) is 123 cm³/mol. The average molecular weight is 477 g/mol. The van der Waals surface area contributed by atoms with Crippen molar-refractivity contribution in [1.29, 1.82) is 0 Å². The van der Waals surface area contributed by atoms with Crippen molar-refractivity contribution in [3.05, 3.63) is 59.1 Å². The molecule has 1 aliphatic carbocycles. The van der Waals surface area contributed by atoms with Gasteiger partial charge in [0.15, 0.2) is 6.10 Å². The van der Waals surface area contributed by atoms with Crippen LogP contribution in [-0.2, 0) is 14.8 Å². The number of nitrogens with zero attached hydrogens (tertiary/aromatic N) is 1. The number of rotatable bonds is 6. The molecule has 0 fully saturated rings. The molecule has 0 aromatic heterocycles. The fraction of sp³-hybridized carbons (Fsp3) is 0.348. The summed E-state index contributed by atoms with van der Waals surface area (Å²) in [6, 6.07) is 10.8. The number of allylic oxidation sites excluding steroid dienone is 1. The van der Waals surface area contributed by atoms with Crippen LogP contribution in [0.5, 0.6) is 11.5 Å². The third kappa shape index (κ3) is 4.71. The summed E-state index contributed by atoms with van der Waals surface area (Å²) in [6.45, 7) is 0.282. The number of benzene rings is 2. The van der Waals surface area contributed by atoms with Crippen molar-refractivity contribution in [2.24, 2.45) is 0 Å². The molecule has 1 aliphatic heterocycles. The van der Waals surface area contributed by atoms with Gasteiger partial charge in [0.1, 0.15) is 11.5 Å². The van der Waals surface area contributed by atoms with Gasteiger partial charge in [-0.15, -0.1) is 0 Å². The Balaban J connectivity index is 1.61. The Labute approximate surface area is 193 Å². The Morgan fingerprint density at radius 2 is 2.00 bits per heavy atom. The molecule has 0 unspecified atom stereocenters. The minimum absolute atomic E-state index is 0.0812. The summed E-state index contributed by atoms with van der Waals surface area (Å²) >= 11 is 6.13. The third-order valence-corrected chi connectivity index (χ3v) is 7.63. The van der Waals surface area contributed by atoms with Gasteiger partial charge in [-0.2, -0.15) is 0 Å². The van der Waals surface area contributed by atoms with Crippen LogP contribution < -0.4 is 19.1 Å². The highest BCUT2D eigenvalue weighted by Crippen LogP contribution is 2.39. The van der Waals surface area contributed by atoms with Crippen LogP contribution in [0, 0.1) is 0 Å². The van der Waals surface area contributed by atoms with Gasteiger partial charge < -0.3 is 14.8 Å². The molecule has 0 saturated heterocycles. The Morgan fingerprint density at radius 3 is 2.69 bits per heavy atom. The van der Waals surface area contributed by atoms with Gasteiger partial charge in [0.05, 0.1) is 24.2 Å². The molecule has 1 amide bonds.